The van der Waals surface area contributed by atoms with Gasteiger partial charge < -0.3 is 15.8 Å². The average Bonchev–Trinajstić information content (AvgIpc) is 2.89. The maximum Gasteiger partial charge on any atom is 0.188 e. The minimum Gasteiger partial charge on any atom is -0.378 e. The van der Waals surface area contributed by atoms with Crippen LogP contribution in [0.5, 0.6) is 0 Å². The van der Waals surface area contributed by atoms with Crippen LogP contribution in [0.1, 0.15) is 10.7 Å². The second kappa shape index (κ2) is 7.02. The third-order valence-corrected chi connectivity index (χ3v) is 3.84. The molecule has 5 nitrogen and oxygen atoms in total. The van der Waals surface area contributed by atoms with Gasteiger partial charge in [0.25, 0.3) is 0 Å². The number of nitrogens with two attached hydrogens (primary N) is 1. The number of nitrogens with zero attached hydrogens (tertiary/aromatic N) is 2. The number of aromatic nitrogens is 1. The monoisotopic (exact) mass is 290 g/mol. The maximum atomic E-state index is 5.66. The number of aliphatic imine (C=N–C) groups is 1. The second-order valence-electron chi connectivity index (χ2n) is 4.14. The van der Waals surface area contributed by atoms with E-state index in [9.17, 15) is 0 Å². The summed E-state index contributed by atoms with van der Waals surface area (Å²) < 4.78 is 5.16. The largest absolute Gasteiger partial charge is 0.378 e. The Morgan fingerprint density at radius 2 is 2.15 bits per heavy atom. The number of thiazole rings is 1. The predicted molar refractivity (Wildman–Crippen MR) is 82.6 cm³/mol. The molecule has 106 valence electrons. The molecule has 0 atom stereocenters. The van der Waals surface area contributed by atoms with Crippen LogP contribution in [0.25, 0.3) is 10.4 Å². The van der Waals surface area contributed by atoms with Gasteiger partial charge in [0.1, 0.15) is 5.01 Å². The van der Waals surface area contributed by atoms with Crippen LogP contribution in [-0.2, 0) is 17.9 Å². The number of nitrogens with one attached hydrogen (secondary N) is 1. The summed E-state index contributed by atoms with van der Waals surface area (Å²) in [6, 6.07) is 10.2. The zero-order valence-electron chi connectivity index (χ0n) is 11.6. The number of hydrogen-bond donors (Lipinski definition) is 2. The molecule has 0 amide bonds. The van der Waals surface area contributed by atoms with Crippen molar-refractivity contribution in [2.24, 2.45) is 10.7 Å². The summed E-state index contributed by atoms with van der Waals surface area (Å²) in [4.78, 5) is 9.62. The SMILES string of the molecule is CN=C(N)NCc1nc(COC)sc1-c1ccccc1. The first-order chi connectivity index (χ1) is 9.74. The molecular formula is C14H18N4OS. The molecule has 6 heteroatoms. The Labute approximate surface area is 122 Å². The van der Waals surface area contributed by atoms with Crippen molar-refractivity contribution < 1.29 is 4.74 Å². The Bertz CT molecular complexity index is 580. The van der Waals surface area contributed by atoms with Gasteiger partial charge in [-0.3, -0.25) is 4.99 Å². The first-order valence-electron chi connectivity index (χ1n) is 6.23. The minimum absolute atomic E-state index is 0.408. The molecule has 2 aromatic rings. The number of hydrogen-bond acceptors (Lipinski definition) is 4. The van der Waals surface area contributed by atoms with Crippen LogP contribution < -0.4 is 11.1 Å². The van der Waals surface area contributed by atoms with Gasteiger partial charge in [0, 0.05) is 14.2 Å². The lowest BCUT2D eigenvalue weighted by Crippen LogP contribution is -2.31. The quantitative estimate of drug-likeness (QED) is 0.652. The minimum atomic E-state index is 0.408. The Balaban J connectivity index is 2.28. The van der Waals surface area contributed by atoms with Gasteiger partial charge in [0.2, 0.25) is 0 Å². The molecule has 2 rings (SSSR count). The van der Waals surface area contributed by atoms with Gasteiger partial charge in [0.15, 0.2) is 5.96 Å². The Hall–Kier alpha value is -1.92. The van der Waals surface area contributed by atoms with E-state index < -0.39 is 0 Å². The van der Waals surface area contributed by atoms with Crippen molar-refractivity contribution in [3.8, 4) is 10.4 Å². The van der Waals surface area contributed by atoms with Crippen LogP contribution >= 0.6 is 11.3 Å². The topological polar surface area (TPSA) is 72.5 Å². The molecule has 1 aromatic carbocycles. The smallest absolute Gasteiger partial charge is 0.188 e. The number of ether oxygens (including phenoxy) is 1. The zero-order valence-corrected chi connectivity index (χ0v) is 12.4. The van der Waals surface area contributed by atoms with Gasteiger partial charge >= 0.3 is 0 Å². The summed E-state index contributed by atoms with van der Waals surface area (Å²) in [5, 5.41) is 4.00. The van der Waals surface area contributed by atoms with E-state index in [0.717, 1.165) is 21.1 Å². The molecular weight excluding hydrogens is 272 g/mol. The average molecular weight is 290 g/mol. The molecule has 0 radical (unpaired) electrons. The van der Waals surface area contributed by atoms with Gasteiger partial charge in [-0.1, -0.05) is 30.3 Å². The van der Waals surface area contributed by atoms with Gasteiger partial charge in [-0.05, 0) is 5.56 Å². The number of rotatable bonds is 5. The van der Waals surface area contributed by atoms with Crippen LogP contribution in [0, 0.1) is 0 Å². The standard InChI is InChI=1S/C14H18N4OS/c1-16-14(15)17-8-11-13(10-6-4-3-5-7-10)20-12(18-11)9-19-2/h3-7H,8-9H2,1-2H3,(H3,15,16,17). The summed E-state index contributed by atoms with van der Waals surface area (Å²) in [6.45, 7) is 1.06. The van der Waals surface area contributed by atoms with E-state index in [4.69, 9.17) is 10.5 Å². The fourth-order valence-corrected chi connectivity index (χ4v) is 2.83. The van der Waals surface area contributed by atoms with Crippen molar-refractivity contribution in [3.63, 3.8) is 0 Å². The first kappa shape index (κ1) is 14.5. The van der Waals surface area contributed by atoms with Crippen LogP contribution in [-0.4, -0.2) is 25.1 Å². The van der Waals surface area contributed by atoms with Gasteiger partial charge in [-0.15, -0.1) is 11.3 Å². The summed E-state index contributed by atoms with van der Waals surface area (Å²) in [6.07, 6.45) is 0. The highest BCUT2D eigenvalue weighted by Crippen LogP contribution is 2.30. The summed E-state index contributed by atoms with van der Waals surface area (Å²) in [5.74, 6) is 0.408. The Morgan fingerprint density at radius 1 is 1.40 bits per heavy atom. The van der Waals surface area contributed by atoms with E-state index in [1.807, 2.05) is 18.2 Å². The van der Waals surface area contributed by atoms with Crippen molar-refractivity contribution in [2.45, 2.75) is 13.2 Å². The van der Waals surface area contributed by atoms with E-state index in [1.54, 1.807) is 25.5 Å². The number of guanidine groups is 1. The van der Waals surface area contributed by atoms with Crippen molar-refractivity contribution in [1.29, 1.82) is 0 Å². The van der Waals surface area contributed by atoms with Gasteiger partial charge in [-0.25, -0.2) is 4.98 Å². The lowest BCUT2D eigenvalue weighted by Gasteiger charge is -2.05. The van der Waals surface area contributed by atoms with Crippen LogP contribution in [0.3, 0.4) is 0 Å². The molecule has 3 N–H and O–H groups in total. The van der Waals surface area contributed by atoms with Gasteiger partial charge in [-0.2, -0.15) is 0 Å². The molecule has 0 aliphatic rings. The van der Waals surface area contributed by atoms with Crippen LogP contribution in [0.15, 0.2) is 35.3 Å². The van der Waals surface area contributed by atoms with Crippen LogP contribution in [0.4, 0.5) is 0 Å². The van der Waals surface area contributed by atoms with Crippen molar-refractivity contribution in [1.82, 2.24) is 10.3 Å². The molecule has 0 saturated carbocycles. The fraction of sp³-hybridized carbons (Fsp3) is 0.286. The first-order valence-corrected chi connectivity index (χ1v) is 7.05. The van der Waals surface area contributed by atoms with E-state index in [-0.39, 0.29) is 0 Å². The third kappa shape index (κ3) is 3.55. The van der Waals surface area contributed by atoms with Crippen molar-refractivity contribution >= 4 is 17.3 Å². The molecule has 0 aliphatic heterocycles. The Morgan fingerprint density at radius 3 is 2.80 bits per heavy atom. The lowest BCUT2D eigenvalue weighted by molar-refractivity contribution is 0.184. The molecule has 0 bridgehead atoms. The highest BCUT2D eigenvalue weighted by molar-refractivity contribution is 7.15. The predicted octanol–water partition coefficient (Wildman–Crippen LogP) is 1.99. The van der Waals surface area contributed by atoms with E-state index in [1.165, 1.54) is 0 Å². The summed E-state index contributed by atoms with van der Waals surface area (Å²) >= 11 is 1.64. The zero-order chi connectivity index (χ0) is 14.4. The highest BCUT2D eigenvalue weighted by atomic mass is 32.1. The van der Waals surface area contributed by atoms with Crippen molar-refractivity contribution in [3.05, 3.63) is 41.0 Å². The Kier molecular flexibility index (Phi) is 5.09. The highest BCUT2D eigenvalue weighted by Gasteiger charge is 2.12. The van der Waals surface area contributed by atoms with E-state index in [2.05, 4.69) is 27.4 Å². The molecule has 0 saturated heterocycles. The van der Waals surface area contributed by atoms with Crippen molar-refractivity contribution in [2.75, 3.05) is 14.2 Å². The molecule has 0 fully saturated rings. The molecule has 0 aliphatic carbocycles. The normalized spacial score (nSPS) is 11.6. The molecule has 1 heterocycles. The van der Waals surface area contributed by atoms with E-state index >= 15 is 0 Å². The third-order valence-electron chi connectivity index (χ3n) is 2.72. The van der Waals surface area contributed by atoms with Crippen LogP contribution in [0.2, 0.25) is 0 Å². The molecule has 0 spiro atoms. The van der Waals surface area contributed by atoms with Gasteiger partial charge in [0.05, 0.1) is 23.7 Å². The molecule has 1 aromatic heterocycles. The maximum absolute atomic E-state index is 5.66. The second-order valence-corrected chi connectivity index (χ2v) is 5.23. The van der Waals surface area contributed by atoms with E-state index in [0.29, 0.717) is 19.1 Å². The fourth-order valence-electron chi connectivity index (χ4n) is 1.77. The summed E-state index contributed by atoms with van der Waals surface area (Å²) in [5.41, 5.74) is 7.77. The lowest BCUT2D eigenvalue weighted by atomic mass is 10.1. The summed E-state index contributed by atoms with van der Waals surface area (Å²) in [7, 11) is 3.32. The molecule has 20 heavy (non-hydrogen) atoms. The molecule has 0 unspecified atom stereocenters. The number of benzene rings is 1. The number of methoxy groups -OCH3 is 1.